The largest absolute Gasteiger partial charge is 0.330 e. The van der Waals surface area contributed by atoms with Crippen LogP contribution >= 0.6 is 0 Å². The molecule has 0 radical (unpaired) electrons. The number of rotatable bonds is 7. The fraction of sp³-hybridized carbons (Fsp3) is 0.500. The zero-order valence-electron chi connectivity index (χ0n) is 10.5. The summed E-state index contributed by atoms with van der Waals surface area (Å²) in [5.41, 5.74) is 7.45. The second-order valence-corrected chi connectivity index (χ2v) is 4.37. The van der Waals surface area contributed by atoms with Gasteiger partial charge in [0.1, 0.15) is 0 Å². The molecule has 0 saturated heterocycles. The number of benzene rings is 1. The average Bonchev–Trinajstić information content (AvgIpc) is 2.29. The first-order valence-corrected chi connectivity index (χ1v) is 6.29. The van der Waals surface area contributed by atoms with Gasteiger partial charge in [-0.3, -0.25) is 4.79 Å². The van der Waals surface area contributed by atoms with E-state index in [-0.39, 0.29) is 5.91 Å². The first-order chi connectivity index (χ1) is 8.22. The van der Waals surface area contributed by atoms with Crippen LogP contribution in [-0.4, -0.2) is 12.5 Å². The van der Waals surface area contributed by atoms with Gasteiger partial charge in [0.15, 0.2) is 0 Å². The number of nitrogens with one attached hydrogen (secondary N) is 1. The molecule has 0 fully saturated rings. The first kappa shape index (κ1) is 13.7. The highest BCUT2D eigenvalue weighted by atomic mass is 16.1. The molecule has 1 aromatic rings. The van der Waals surface area contributed by atoms with Crippen molar-refractivity contribution in [3.63, 3.8) is 0 Å². The molecule has 0 spiro atoms. The summed E-state index contributed by atoms with van der Waals surface area (Å²) >= 11 is 0. The number of hydrogen-bond donors (Lipinski definition) is 2. The molecule has 3 heteroatoms. The van der Waals surface area contributed by atoms with Crippen molar-refractivity contribution in [1.82, 2.24) is 0 Å². The molecule has 0 aliphatic heterocycles. The molecule has 0 bridgehead atoms. The molecule has 94 valence electrons. The van der Waals surface area contributed by atoms with Gasteiger partial charge in [0.05, 0.1) is 0 Å². The zero-order valence-corrected chi connectivity index (χ0v) is 10.5. The minimum atomic E-state index is 0.100. The van der Waals surface area contributed by atoms with Crippen molar-refractivity contribution in [2.24, 2.45) is 5.73 Å². The molecule has 0 atom stereocenters. The van der Waals surface area contributed by atoms with Gasteiger partial charge in [-0.15, -0.1) is 0 Å². The topological polar surface area (TPSA) is 55.1 Å². The van der Waals surface area contributed by atoms with E-state index in [4.69, 9.17) is 5.73 Å². The predicted octanol–water partition coefficient (Wildman–Crippen LogP) is 2.84. The Hall–Kier alpha value is -1.35. The van der Waals surface area contributed by atoms with Crippen molar-refractivity contribution in [2.45, 2.75) is 39.0 Å². The van der Waals surface area contributed by atoms with Crippen molar-refractivity contribution >= 4 is 11.6 Å². The summed E-state index contributed by atoms with van der Waals surface area (Å²) in [7, 11) is 0. The summed E-state index contributed by atoms with van der Waals surface area (Å²) in [5.74, 6) is 0.100. The molecular formula is C14H22N2O. The fourth-order valence-corrected chi connectivity index (χ4v) is 1.73. The van der Waals surface area contributed by atoms with Crippen LogP contribution < -0.4 is 11.1 Å². The van der Waals surface area contributed by atoms with E-state index in [1.807, 2.05) is 31.2 Å². The molecule has 3 N–H and O–H groups in total. The highest BCUT2D eigenvalue weighted by molar-refractivity contribution is 5.90. The number of hydrogen-bond acceptors (Lipinski definition) is 2. The van der Waals surface area contributed by atoms with Crippen molar-refractivity contribution in [3.8, 4) is 0 Å². The second-order valence-electron chi connectivity index (χ2n) is 4.37. The average molecular weight is 234 g/mol. The molecule has 1 rings (SSSR count). The van der Waals surface area contributed by atoms with Crippen LogP contribution in [0.25, 0.3) is 0 Å². The van der Waals surface area contributed by atoms with Crippen LogP contribution in [0.15, 0.2) is 24.3 Å². The van der Waals surface area contributed by atoms with E-state index in [1.54, 1.807) is 0 Å². The smallest absolute Gasteiger partial charge is 0.224 e. The highest BCUT2D eigenvalue weighted by Crippen LogP contribution is 2.11. The van der Waals surface area contributed by atoms with Gasteiger partial charge in [0.25, 0.3) is 0 Å². The van der Waals surface area contributed by atoms with Crippen molar-refractivity contribution in [1.29, 1.82) is 0 Å². The Morgan fingerprint density at radius 1 is 1.24 bits per heavy atom. The van der Waals surface area contributed by atoms with E-state index >= 15 is 0 Å². The quantitative estimate of drug-likeness (QED) is 0.713. The predicted molar refractivity (Wildman–Crippen MR) is 71.9 cm³/mol. The van der Waals surface area contributed by atoms with Gasteiger partial charge in [-0.25, -0.2) is 0 Å². The number of aryl methyl sites for hydroxylation is 1. The molecule has 3 nitrogen and oxygen atoms in total. The first-order valence-electron chi connectivity index (χ1n) is 6.29. The van der Waals surface area contributed by atoms with Crippen LogP contribution in [0, 0.1) is 6.92 Å². The monoisotopic (exact) mass is 234 g/mol. The molecule has 0 aliphatic rings. The molecule has 17 heavy (non-hydrogen) atoms. The van der Waals surface area contributed by atoms with Crippen molar-refractivity contribution < 1.29 is 4.79 Å². The maximum atomic E-state index is 11.6. The third-order valence-corrected chi connectivity index (χ3v) is 2.66. The Bertz CT molecular complexity index is 350. The number of nitrogens with two attached hydrogens (primary N) is 1. The molecule has 0 aromatic heterocycles. The normalized spacial score (nSPS) is 10.2. The Balaban J connectivity index is 2.21. The van der Waals surface area contributed by atoms with E-state index in [0.717, 1.165) is 43.5 Å². The van der Waals surface area contributed by atoms with Gasteiger partial charge >= 0.3 is 0 Å². The minimum Gasteiger partial charge on any atom is -0.330 e. The highest BCUT2D eigenvalue weighted by Gasteiger charge is 2.01. The van der Waals surface area contributed by atoms with Gasteiger partial charge in [-0.05, 0) is 44.0 Å². The Kier molecular flexibility index (Phi) is 6.33. The number of unbranched alkanes of at least 4 members (excludes halogenated alkanes) is 3. The van der Waals surface area contributed by atoms with Gasteiger partial charge in [-0.2, -0.15) is 0 Å². The third kappa shape index (κ3) is 6.07. The maximum Gasteiger partial charge on any atom is 0.224 e. The lowest BCUT2D eigenvalue weighted by atomic mass is 10.1. The third-order valence-electron chi connectivity index (χ3n) is 2.66. The van der Waals surface area contributed by atoms with E-state index in [9.17, 15) is 4.79 Å². The number of anilines is 1. The molecule has 0 aliphatic carbocycles. The summed E-state index contributed by atoms with van der Waals surface area (Å²) in [6.07, 6.45) is 4.79. The number of carbonyl (C=O) groups excluding carboxylic acids is 1. The lowest BCUT2D eigenvalue weighted by Gasteiger charge is -2.05. The minimum absolute atomic E-state index is 0.100. The standard InChI is InChI=1S/C14H22N2O/c1-12-7-6-8-13(11-12)16-14(17)9-4-2-3-5-10-15/h6-8,11H,2-5,9-10,15H2,1H3,(H,16,17). The molecule has 0 heterocycles. The van der Waals surface area contributed by atoms with Crippen LogP contribution in [0.4, 0.5) is 5.69 Å². The Morgan fingerprint density at radius 3 is 2.71 bits per heavy atom. The molecule has 0 saturated carbocycles. The van der Waals surface area contributed by atoms with Crippen LogP contribution in [0.5, 0.6) is 0 Å². The lowest BCUT2D eigenvalue weighted by Crippen LogP contribution is -2.11. The molecule has 1 aromatic carbocycles. The summed E-state index contributed by atoms with van der Waals surface area (Å²) in [6.45, 7) is 2.76. The number of carbonyl (C=O) groups is 1. The van der Waals surface area contributed by atoms with Gasteiger partial charge < -0.3 is 11.1 Å². The summed E-state index contributed by atoms with van der Waals surface area (Å²) in [4.78, 5) is 11.6. The fourth-order valence-electron chi connectivity index (χ4n) is 1.73. The SMILES string of the molecule is Cc1cccc(NC(=O)CCCCCCN)c1. The summed E-state index contributed by atoms with van der Waals surface area (Å²) in [6, 6.07) is 7.86. The van der Waals surface area contributed by atoms with Gasteiger partial charge in [0, 0.05) is 12.1 Å². The molecular weight excluding hydrogens is 212 g/mol. The Morgan fingerprint density at radius 2 is 2.00 bits per heavy atom. The summed E-state index contributed by atoms with van der Waals surface area (Å²) < 4.78 is 0. The van der Waals surface area contributed by atoms with Crippen LogP contribution in [0.3, 0.4) is 0 Å². The van der Waals surface area contributed by atoms with Crippen LogP contribution in [0.2, 0.25) is 0 Å². The lowest BCUT2D eigenvalue weighted by molar-refractivity contribution is -0.116. The van der Waals surface area contributed by atoms with Gasteiger partial charge in [-0.1, -0.05) is 25.0 Å². The summed E-state index contributed by atoms with van der Waals surface area (Å²) in [5, 5.41) is 2.91. The van der Waals surface area contributed by atoms with E-state index in [2.05, 4.69) is 5.32 Å². The van der Waals surface area contributed by atoms with Gasteiger partial charge in [0.2, 0.25) is 5.91 Å². The van der Waals surface area contributed by atoms with E-state index in [0.29, 0.717) is 6.42 Å². The number of amides is 1. The van der Waals surface area contributed by atoms with Crippen LogP contribution in [-0.2, 0) is 4.79 Å². The molecule has 1 amide bonds. The Labute approximate surface area is 103 Å². The van der Waals surface area contributed by atoms with Crippen LogP contribution in [0.1, 0.15) is 37.7 Å². The van der Waals surface area contributed by atoms with E-state index in [1.165, 1.54) is 0 Å². The van der Waals surface area contributed by atoms with Crippen molar-refractivity contribution in [2.75, 3.05) is 11.9 Å². The maximum absolute atomic E-state index is 11.6. The molecule has 0 unspecified atom stereocenters. The zero-order chi connectivity index (χ0) is 12.5. The second kappa shape index (κ2) is 7.85. The van der Waals surface area contributed by atoms with Crippen molar-refractivity contribution in [3.05, 3.63) is 29.8 Å². The van der Waals surface area contributed by atoms with E-state index < -0.39 is 0 Å².